The second-order valence-electron chi connectivity index (χ2n) is 4.58. The Morgan fingerprint density at radius 3 is 2.61 bits per heavy atom. The summed E-state index contributed by atoms with van der Waals surface area (Å²) in [5, 5.41) is 3.44. The second kappa shape index (κ2) is 7.37. The summed E-state index contributed by atoms with van der Waals surface area (Å²) in [4.78, 5) is 12.0. The molecule has 100 valence electrons. The summed E-state index contributed by atoms with van der Waals surface area (Å²) >= 11 is 15.1. The van der Waals surface area contributed by atoms with Gasteiger partial charge < -0.3 is 5.32 Å². The number of amides is 1. The highest BCUT2D eigenvalue weighted by Gasteiger charge is 2.15. The van der Waals surface area contributed by atoms with Crippen LogP contribution in [-0.2, 0) is 0 Å². The molecule has 2 nitrogen and oxygen atoms in total. The molecule has 0 aromatic heterocycles. The summed E-state index contributed by atoms with van der Waals surface area (Å²) in [6.07, 6.45) is 0.861. The fourth-order valence-corrected chi connectivity index (χ4v) is 2.27. The summed E-state index contributed by atoms with van der Waals surface area (Å²) in [6.45, 7) is 4.20. The topological polar surface area (TPSA) is 29.1 Å². The van der Waals surface area contributed by atoms with Crippen LogP contribution in [0, 0.1) is 5.92 Å². The zero-order valence-electron chi connectivity index (χ0n) is 10.3. The van der Waals surface area contributed by atoms with Crippen molar-refractivity contribution in [3.63, 3.8) is 0 Å². The van der Waals surface area contributed by atoms with Gasteiger partial charge in [-0.3, -0.25) is 4.79 Å². The lowest BCUT2D eigenvalue weighted by Gasteiger charge is -2.18. The van der Waals surface area contributed by atoms with Gasteiger partial charge in [-0.1, -0.05) is 25.4 Å². The molecule has 1 unspecified atom stereocenters. The number of benzene rings is 1. The molecule has 1 atom stereocenters. The van der Waals surface area contributed by atoms with Gasteiger partial charge in [0.25, 0.3) is 5.91 Å². The van der Waals surface area contributed by atoms with E-state index in [4.69, 9.17) is 23.2 Å². The van der Waals surface area contributed by atoms with Crippen LogP contribution in [0.3, 0.4) is 0 Å². The van der Waals surface area contributed by atoms with Crippen LogP contribution < -0.4 is 5.32 Å². The number of carbonyl (C=O) groups is 1. The van der Waals surface area contributed by atoms with Crippen LogP contribution in [0.15, 0.2) is 22.7 Å². The van der Waals surface area contributed by atoms with Crippen molar-refractivity contribution in [1.82, 2.24) is 5.32 Å². The van der Waals surface area contributed by atoms with E-state index in [0.717, 1.165) is 10.9 Å². The summed E-state index contributed by atoms with van der Waals surface area (Å²) in [6, 6.07) is 5.12. The van der Waals surface area contributed by atoms with Crippen LogP contribution in [0.1, 0.15) is 30.6 Å². The van der Waals surface area contributed by atoms with Crippen LogP contribution in [0.2, 0.25) is 5.02 Å². The third kappa shape index (κ3) is 4.79. The molecule has 1 rings (SSSR count). The van der Waals surface area contributed by atoms with Gasteiger partial charge in [-0.2, -0.15) is 0 Å². The van der Waals surface area contributed by atoms with Crippen molar-refractivity contribution >= 4 is 45.0 Å². The number of carbonyl (C=O) groups excluding carboxylic acids is 1. The van der Waals surface area contributed by atoms with Crippen LogP contribution in [-0.4, -0.2) is 17.8 Å². The van der Waals surface area contributed by atoms with Gasteiger partial charge in [0.2, 0.25) is 0 Å². The predicted molar refractivity (Wildman–Crippen MR) is 80.6 cm³/mol. The second-order valence-corrected chi connectivity index (χ2v) is 6.15. The summed E-state index contributed by atoms with van der Waals surface area (Å²) in [5.74, 6) is 0.757. The van der Waals surface area contributed by atoms with E-state index in [1.165, 1.54) is 0 Å². The van der Waals surface area contributed by atoms with Crippen LogP contribution in [0.25, 0.3) is 0 Å². The van der Waals surface area contributed by atoms with Crippen molar-refractivity contribution in [2.24, 2.45) is 5.92 Å². The van der Waals surface area contributed by atoms with E-state index in [1.807, 2.05) is 0 Å². The van der Waals surface area contributed by atoms with Gasteiger partial charge in [-0.15, -0.1) is 11.6 Å². The average Bonchev–Trinajstić information content (AvgIpc) is 2.31. The van der Waals surface area contributed by atoms with Crippen molar-refractivity contribution in [2.45, 2.75) is 26.3 Å². The molecule has 5 heteroatoms. The molecule has 0 radical (unpaired) electrons. The predicted octanol–water partition coefficient (Wildman–Crippen LogP) is 4.49. The van der Waals surface area contributed by atoms with E-state index in [0.29, 0.717) is 22.4 Å². The minimum absolute atomic E-state index is 0.0124. The maximum atomic E-state index is 12.0. The number of alkyl halides is 1. The molecule has 1 aromatic carbocycles. The fraction of sp³-hybridized carbons (Fsp3) is 0.462. The quantitative estimate of drug-likeness (QED) is 0.777. The lowest BCUT2D eigenvalue weighted by molar-refractivity contribution is 0.0936. The molecule has 0 spiro atoms. The molecule has 0 aliphatic carbocycles. The Morgan fingerprint density at radius 2 is 2.11 bits per heavy atom. The molecule has 0 aliphatic rings. The maximum absolute atomic E-state index is 12.0. The van der Waals surface area contributed by atoms with Crippen molar-refractivity contribution < 1.29 is 4.79 Å². The highest BCUT2D eigenvalue weighted by atomic mass is 79.9. The normalized spacial score (nSPS) is 12.6. The minimum Gasteiger partial charge on any atom is -0.348 e. The Bertz CT molecular complexity index is 423. The standard InChI is InChI=1S/C13H16BrCl2NO/c1-8(2)5-10(7-15)17-13(18)9-3-4-11(14)12(16)6-9/h3-4,6,8,10H,5,7H2,1-2H3,(H,17,18). The van der Waals surface area contributed by atoms with Gasteiger partial charge in [-0.05, 0) is 46.5 Å². The Labute approximate surface area is 126 Å². The number of hydrogen-bond donors (Lipinski definition) is 1. The van der Waals surface area contributed by atoms with Gasteiger partial charge in [0.05, 0.1) is 5.02 Å². The van der Waals surface area contributed by atoms with E-state index in [2.05, 4.69) is 35.1 Å². The third-order valence-electron chi connectivity index (χ3n) is 2.46. The molecule has 0 saturated heterocycles. The first-order valence-electron chi connectivity index (χ1n) is 5.76. The van der Waals surface area contributed by atoms with Gasteiger partial charge in [0.1, 0.15) is 0 Å². The largest absolute Gasteiger partial charge is 0.348 e. The molecule has 1 N–H and O–H groups in total. The zero-order chi connectivity index (χ0) is 13.7. The molecule has 0 fully saturated rings. The van der Waals surface area contributed by atoms with Gasteiger partial charge in [0.15, 0.2) is 0 Å². The molecular weight excluding hydrogens is 337 g/mol. The summed E-state index contributed by atoms with van der Waals surface area (Å²) < 4.78 is 0.775. The molecule has 1 aromatic rings. The lowest BCUT2D eigenvalue weighted by Crippen LogP contribution is -2.37. The van der Waals surface area contributed by atoms with E-state index in [9.17, 15) is 4.79 Å². The van der Waals surface area contributed by atoms with Crippen LogP contribution in [0.4, 0.5) is 0 Å². The van der Waals surface area contributed by atoms with Crippen LogP contribution >= 0.6 is 39.1 Å². The number of hydrogen-bond acceptors (Lipinski definition) is 1. The minimum atomic E-state index is -0.143. The first kappa shape index (κ1) is 15.8. The molecular formula is C13H16BrCl2NO. The fourth-order valence-electron chi connectivity index (χ4n) is 1.64. The first-order chi connectivity index (χ1) is 8.43. The van der Waals surface area contributed by atoms with Gasteiger partial charge >= 0.3 is 0 Å². The smallest absolute Gasteiger partial charge is 0.251 e. The van der Waals surface area contributed by atoms with E-state index >= 15 is 0 Å². The Morgan fingerprint density at radius 1 is 1.44 bits per heavy atom. The van der Waals surface area contributed by atoms with Crippen molar-refractivity contribution in [3.8, 4) is 0 Å². The van der Waals surface area contributed by atoms with Crippen molar-refractivity contribution in [2.75, 3.05) is 5.88 Å². The Hall–Kier alpha value is -0.250. The third-order valence-corrected chi connectivity index (χ3v) is 4.06. The Balaban J connectivity index is 2.71. The molecule has 0 aliphatic heterocycles. The van der Waals surface area contributed by atoms with Crippen molar-refractivity contribution in [3.05, 3.63) is 33.3 Å². The highest BCUT2D eigenvalue weighted by Crippen LogP contribution is 2.23. The highest BCUT2D eigenvalue weighted by molar-refractivity contribution is 9.10. The average molecular weight is 353 g/mol. The SMILES string of the molecule is CC(C)CC(CCl)NC(=O)c1ccc(Br)c(Cl)c1. The van der Waals surface area contributed by atoms with E-state index in [-0.39, 0.29) is 11.9 Å². The number of halogens is 3. The summed E-state index contributed by atoms with van der Waals surface area (Å²) in [5.41, 5.74) is 0.544. The van der Waals surface area contributed by atoms with E-state index < -0.39 is 0 Å². The van der Waals surface area contributed by atoms with E-state index in [1.54, 1.807) is 18.2 Å². The monoisotopic (exact) mass is 351 g/mol. The maximum Gasteiger partial charge on any atom is 0.251 e. The molecule has 0 saturated carbocycles. The number of nitrogens with one attached hydrogen (secondary N) is 1. The van der Waals surface area contributed by atoms with Crippen molar-refractivity contribution in [1.29, 1.82) is 0 Å². The summed E-state index contributed by atoms with van der Waals surface area (Å²) in [7, 11) is 0. The lowest BCUT2D eigenvalue weighted by atomic mass is 10.0. The molecule has 18 heavy (non-hydrogen) atoms. The van der Waals surface area contributed by atoms with Crippen LogP contribution in [0.5, 0.6) is 0 Å². The number of rotatable bonds is 5. The molecule has 0 heterocycles. The molecule has 1 amide bonds. The Kier molecular flexibility index (Phi) is 6.47. The molecule has 0 bridgehead atoms. The van der Waals surface area contributed by atoms with Gasteiger partial charge in [0, 0.05) is 22.0 Å². The zero-order valence-corrected chi connectivity index (χ0v) is 13.4. The first-order valence-corrected chi connectivity index (χ1v) is 7.46. The van der Waals surface area contributed by atoms with Gasteiger partial charge in [-0.25, -0.2) is 0 Å².